The minimum atomic E-state index is -0.966. The maximum absolute atomic E-state index is 10.8. The van der Waals surface area contributed by atoms with Gasteiger partial charge in [-0.25, -0.2) is 4.98 Å². The zero-order chi connectivity index (χ0) is 12.4. The van der Waals surface area contributed by atoms with Crippen LogP contribution >= 0.6 is 0 Å². The van der Waals surface area contributed by atoms with Gasteiger partial charge < -0.3 is 14.8 Å². The van der Waals surface area contributed by atoms with E-state index >= 15 is 0 Å². The number of aliphatic hydroxyl groups is 2. The minimum Gasteiger partial charge on any atom is -0.394 e. The summed E-state index contributed by atoms with van der Waals surface area (Å²) in [6.45, 7) is -0.335. The summed E-state index contributed by atoms with van der Waals surface area (Å²) in [6, 6.07) is 3.21. The first-order valence-electron chi connectivity index (χ1n) is 5.00. The number of fused-ring (bicyclic) bond motifs is 1. The molecule has 0 aliphatic heterocycles. The largest absolute Gasteiger partial charge is 0.394 e. The van der Waals surface area contributed by atoms with Gasteiger partial charge in [0, 0.05) is 6.20 Å². The van der Waals surface area contributed by atoms with Crippen LogP contribution in [0.25, 0.3) is 11.0 Å². The molecule has 1 unspecified atom stereocenters. The van der Waals surface area contributed by atoms with E-state index in [0.717, 1.165) is 0 Å². The lowest BCUT2D eigenvalue weighted by atomic mass is 10.3. The molecule has 0 radical (unpaired) electrons. The zero-order valence-electron chi connectivity index (χ0n) is 8.85. The first-order chi connectivity index (χ1) is 8.13. The van der Waals surface area contributed by atoms with Crippen LogP contribution in [-0.2, 0) is 6.54 Å². The normalized spacial score (nSPS) is 12.8. The molecule has 2 rings (SSSR count). The Balaban J connectivity index is 2.52. The Morgan fingerprint density at radius 2 is 2.35 bits per heavy atom. The molecule has 0 amide bonds. The van der Waals surface area contributed by atoms with Gasteiger partial charge in [-0.3, -0.25) is 10.1 Å². The van der Waals surface area contributed by atoms with E-state index in [1.54, 1.807) is 12.1 Å². The molecule has 7 heteroatoms. The van der Waals surface area contributed by atoms with Crippen LogP contribution < -0.4 is 0 Å². The molecule has 17 heavy (non-hydrogen) atoms. The van der Waals surface area contributed by atoms with Crippen LogP contribution in [0.4, 0.5) is 5.69 Å². The number of hydrogen-bond donors (Lipinski definition) is 2. The summed E-state index contributed by atoms with van der Waals surface area (Å²) >= 11 is 0. The molecule has 0 aromatic carbocycles. The van der Waals surface area contributed by atoms with Crippen molar-refractivity contribution in [2.75, 3.05) is 6.61 Å². The smallest absolute Gasteiger partial charge is 0.296 e. The number of nitro groups is 1. The summed E-state index contributed by atoms with van der Waals surface area (Å²) in [6.07, 6.45) is 1.87. The molecule has 0 aliphatic carbocycles. The van der Waals surface area contributed by atoms with Crippen molar-refractivity contribution in [1.82, 2.24) is 9.55 Å². The second-order valence-corrected chi connectivity index (χ2v) is 3.63. The first-order valence-corrected chi connectivity index (χ1v) is 5.00. The molecule has 0 aliphatic rings. The van der Waals surface area contributed by atoms with E-state index in [-0.39, 0.29) is 12.2 Å². The Hall–Kier alpha value is -1.99. The number of aromatic nitrogens is 2. The molecule has 2 heterocycles. The van der Waals surface area contributed by atoms with E-state index < -0.39 is 17.6 Å². The molecule has 0 saturated carbocycles. The van der Waals surface area contributed by atoms with Gasteiger partial charge in [-0.05, 0) is 12.1 Å². The molecule has 0 fully saturated rings. The maximum Gasteiger partial charge on any atom is 0.296 e. The van der Waals surface area contributed by atoms with Crippen LogP contribution in [0.5, 0.6) is 0 Å². The summed E-state index contributed by atoms with van der Waals surface area (Å²) in [7, 11) is 0. The van der Waals surface area contributed by atoms with Crippen molar-refractivity contribution < 1.29 is 15.1 Å². The van der Waals surface area contributed by atoms with Crippen LogP contribution in [-0.4, -0.2) is 37.4 Å². The molecule has 2 N–H and O–H groups in total. The number of rotatable bonds is 4. The van der Waals surface area contributed by atoms with Crippen LogP contribution in [0.15, 0.2) is 24.5 Å². The summed E-state index contributed by atoms with van der Waals surface area (Å²) in [5, 5.41) is 29.4. The highest BCUT2D eigenvalue weighted by atomic mass is 16.6. The lowest BCUT2D eigenvalue weighted by molar-refractivity contribution is -0.383. The average molecular weight is 237 g/mol. The fourth-order valence-electron chi connectivity index (χ4n) is 1.67. The molecular weight excluding hydrogens is 226 g/mol. The van der Waals surface area contributed by atoms with Gasteiger partial charge in [-0.2, -0.15) is 0 Å². The monoisotopic (exact) mass is 237 g/mol. The highest BCUT2D eigenvalue weighted by Gasteiger charge is 2.19. The van der Waals surface area contributed by atoms with Crippen LogP contribution in [0, 0.1) is 10.1 Å². The fraction of sp³-hybridized carbons (Fsp3) is 0.300. The van der Waals surface area contributed by atoms with Crippen LogP contribution in [0.3, 0.4) is 0 Å². The topological polar surface area (TPSA) is 101 Å². The minimum absolute atomic E-state index is 0.0572. The first kappa shape index (κ1) is 11.5. The van der Waals surface area contributed by atoms with E-state index in [9.17, 15) is 15.2 Å². The Morgan fingerprint density at radius 3 is 3.00 bits per heavy atom. The molecule has 90 valence electrons. The number of pyridine rings is 1. The standard InChI is InChI=1S/C10H11N3O4/c14-6-7(15)4-12-5-9(13(16)17)8-2-1-3-11-10(8)12/h1-3,5,7,14-15H,4,6H2. The van der Waals surface area contributed by atoms with Crippen LogP contribution in [0.1, 0.15) is 0 Å². The predicted molar refractivity (Wildman–Crippen MR) is 59.5 cm³/mol. The van der Waals surface area contributed by atoms with Gasteiger partial charge in [0.2, 0.25) is 0 Å². The van der Waals surface area contributed by atoms with Crippen molar-refractivity contribution in [1.29, 1.82) is 0 Å². The average Bonchev–Trinajstić information content (AvgIpc) is 2.68. The van der Waals surface area contributed by atoms with E-state index in [4.69, 9.17) is 5.11 Å². The van der Waals surface area contributed by atoms with E-state index in [1.807, 2.05) is 0 Å². The third-order valence-electron chi connectivity index (χ3n) is 2.43. The molecule has 7 nitrogen and oxygen atoms in total. The summed E-state index contributed by atoms with van der Waals surface area (Å²) in [5.41, 5.74) is 0.366. The molecular formula is C10H11N3O4. The van der Waals surface area contributed by atoms with Gasteiger partial charge >= 0.3 is 0 Å². The lowest BCUT2D eigenvalue weighted by Crippen LogP contribution is -2.19. The van der Waals surface area contributed by atoms with Crippen molar-refractivity contribution in [2.24, 2.45) is 0 Å². The summed E-state index contributed by atoms with van der Waals surface area (Å²) < 4.78 is 1.47. The molecule has 1 atom stereocenters. The molecule has 0 saturated heterocycles. The van der Waals surface area contributed by atoms with Gasteiger partial charge in [0.1, 0.15) is 5.65 Å². The molecule has 2 aromatic rings. The Bertz CT molecular complexity index is 551. The fourth-order valence-corrected chi connectivity index (χ4v) is 1.67. The van der Waals surface area contributed by atoms with Gasteiger partial charge in [-0.15, -0.1) is 0 Å². The SMILES string of the molecule is O=[N+]([O-])c1cn(CC(O)CO)c2ncccc12. The highest BCUT2D eigenvalue weighted by Crippen LogP contribution is 2.26. The van der Waals surface area contributed by atoms with Gasteiger partial charge in [0.05, 0.1) is 35.8 Å². The Labute approximate surface area is 96.1 Å². The van der Waals surface area contributed by atoms with Crippen molar-refractivity contribution in [2.45, 2.75) is 12.6 Å². The maximum atomic E-state index is 10.8. The van der Waals surface area contributed by atoms with E-state index in [2.05, 4.69) is 4.98 Å². The van der Waals surface area contributed by atoms with Crippen molar-refractivity contribution >= 4 is 16.7 Å². The second kappa shape index (κ2) is 4.48. The molecule has 2 aromatic heterocycles. The summed E-state index contributed by atoms with van der Waals surface area (Å²) in [5.74, 6) is 0. The van der Waals surface area contributed by atoms with Gasteiger partial charge in [0.15, 0.2) is 0 Å². The second-order valence-electron chi connectivity index (χ2n) is 3.63. The quantitative estimate of drug-likeness (QED) is 0.588. The number of hydrogen-bond acceptors (Lipinski definition) is 5. The number of aliphatic hydroxyl groups excluding tert-OH is 2. The zero-order valence-corrected chi connectivity index (χ0v) is 8.85. The van der Waals surface area contributed by atoms with E-state index in [0.29, 0.717) is 11.0 Å². The predicted octanol–water partition coefficient (Wildman–Crippen LogP) is 0.298. The Kier molecular flexibility index (Phi) is 3.03. The third kappa shape index (κ3) is 2.10. The lowest BCUT2D eigenvalue weighted by Gasteiger charge is -2.08. The van der Waals surface area contributed by atoms with E-state index in [1.165, 1.54) is 17.0 Å². The molecule has 0 bridgehead atoms. The third-order valence-corrected chi connectivity index (χ3v) is 2.43. The number of nitrogens with zero attached hydrogens (tertiary/aromatic N) is 3. The van der Waals surface area contributed by atoms with Gasteiger partial charge in [0.25, 0.3) is 5.69 Å². The Morgan fingerprint density at radius 1 is 1.59 bits per heavy atom. The van der Waals surface area contributed by atoms with Crippen molar-refractivity contribution in [3.05, 3.63) is 34.6 Å². The van der Waals surface area contributed by atoms with Crippen molar-refractivity contribution in [3.8, 4) is 0 Å². The molecule has 0 spiro atoms. The summed E-state index contributed by atoms with van der Waals surface area (Å²) in [4.78, 5) is 14.4. The van der Waals surface area contributed by atoms with Crippen molar-refractivity contribution in [3.63, 3.8) is 0 Å². The highest BCUT2D eigenvalue weighted by molar-refractivity contribution is 5.86. The van der Waals surface area contributed by atoms with Crippen LogP contribution in [0.2, 0.25) is 0 Å². The van der Waals surface area contributed by atoms with Gasteiger partial charge in [-0.1, -0.05) is 0 Å².